The molecule has 1 unspecified atom stereocenters. The number of non-ortho nitro benzene ring substituents is 1. The molecule has 0 saturated carbocycles. The second-order valence-corrected chi connectivity index (χ2v) is 10.3. The van der Waals surface area contributed by atoms with E-state index in [1.54, 1.807) is 18.2 Å². The molecular formula is C33H26ClN3O7. The summed E-state index contributed by atoms with van der Waals surface area (Å²) >= 11 is 6.10. The van der Waals surface area contributed by atoms with E-state index >= 15 is 0 Å². The molecule has 1 heterocycles. The number of hydrogen-bond donors (Lipinski definition) is 1. The first kappa shape index (κ1) is 29.9. The van der Waals surface area contributed by atoms with Crippen molar-refractivity contribution in [3.63, 3.8) is 0 Å². The summed E-state index contributed by atoms with van der Waals surface area (Å²) in [5.74, 6) is -0.230. The number of allylic oxidation sites excluding steroid dienone is 1. The van der Waals surface area contributed by atoms with Crippen molar-refractivity contribution in [3.05, 3.63) is 133 Å². The van der Waals surface area contributed by atoms with Crippen LogP contribution in [-0.4, -0.2) is 17.5 Å². The van der Waals surface area contributed by atoms with Crippen LogP contribution in [0.4, 0.5) is 5.69 Å². The van der Waals surface area contributed by atoms with Crippen molar-refractivity contribution in [2.24, 2.45) is 5.73 Å². The summed E-state index contributed by atoms with van der Waals surface area (Å²) in [4.78, 5) is 23.4. The lowest BCUT2D eigenvalue weighted by Crippen LogP contribution is -2.21. The van der Waals surface area contributed by atoms with E-state index in [1.807, 2.05) is 44.2 Å². The van der Waals surface area contributed by atoms with Gasteiger partial charge in [0.25, 0.3) is 5.69 Å². The van der Waals surface area contributed by atoms with Crippen LogP contribution < -0.4 is 24.7 Å². The molecule has 0 saturated heterocycles. The van der Waals surface area contributed by atoms with Crippen LogP contribution in [0.2, 0.25) is 5.02 Å². The predicted octanol–water partition coefficient (Wildman–Crippen LogP) is 6.97. The molecule has 11 heteroatoms. The van der Waals surface area contributed by atoms with Gasteiger partial charge in [-0.25, -0.2) is 4.79 Å². The van der Waals surface area contributed by atoms with E-state index in [1.165, 1.54) is 24.3 Å². The summed E-state index contributed by atoms with van der Waals surface area (Å²) in [7, 11) is 0. The van der Waals surface area contributed by atoms with Crippen molar-refractivity contribution in [1.29, 1.82) is 5.26 Å². The third kappa shape index (κ3) is 6.28. The lowest BCUT2D eigenvalue weighted by atomic mass is 9.83. The number of aryl methyl sites for hydroxylation is 1. The van der Waals surface area contributed by atoms with Crippen molar-refractivity contribution in [2.45, 2.75) is 26.4 Å². The van der Waals surface area contributed by atoms with Gasteiger partial charge in [-0.2, -0.15) is 5.26 Å². The number of ether oxygens (including phenoxy) is 4. The summed E-state index contributed by atoms with van der Waals surface area (Å²) in [6, 6.07) is 23.7. The molecule has 1 aliphatic rings. The number of esters is 1. The van der Waals surface area contributed by atoms with Crippen molar-refractivity contribution in [2.75, 3.05) is 6.61 Å². The minimum Gasteiger partial charge on any atom is -0.490 e. The van der Waals surface area contributed by atoms with Gasteiger partial charge in [-0.1, -0.05) is 53.6 Å². The van der Waals surface area contributed by atoms with Crippen LogP contribution in [-0.2, 0) is 6.61 Å². The van der Waals surface area contributed by atoms with Gasteiger partial charge in [-0.05, 0) is 49.2 Å². The first-order chi connectivity index (χ1) is 21.2. The number of halogens is 1. The van der Waals surface area contributed by atoms with E-state index in [9.17, 15) is 20.2 Å². The summed E-state index contributed by atoms with van der Waals surface area (Å²) in [5, 5.41) is 21.2. The zero-order valence-corrected chi connectivity index (χ0v) is 24.5. The number of benzene rings is 4. The van der Waals surface area contributed by atoms with E-state index in [-0.39, 0.29) is 39.2 Å². The monoisotopic (exact) mass is 611 g/mol. The molecule has 0 fully saturated rings. The molecule has 4 aromatic rings. The van der Waals surface area contributed by atoms with Crippen LogP contribution in [0.25, 0.3) is 0 Å². The van der Waals surface area contributed by atoms with Crippen LogP contribution in [0.5, 0.6) is 23.0 Å². The second kappa shape index (κ2) is 12.8. The third-order valence-corrected chi connectivity index (χ3v) is 7.23. The van der Waals surface area contributed by atoms with Gasteiger partial charge in [0.2, 0.25) is 5.88 Å². The molecule has 0 aromatic heterocycles. The molecule has 10 nitrogen and oxygen atoms in total. The van der Waals surface area contributed by atoms with Gasteiger partial charge < -0.3 is 24.7 Å². The molecule has 222 valence electrons. The maximum Gasteiger partial charge on any atom is 0.345 e. The quantitative estimate of drug-likeness (QED) is 0.0916. The van der Waals surface area contributed by atoms with E-state index in [2.05, 4.69) is 6.07 Å². The molecule has 5 rings (SSSR count). The Hall–Kier alpha value is -5.53. The van der Waals surface area contributed by atoms with Gasteiger partial charge in [0.05, 0.1) is 28.0 Å². The van der Waals surface area contributed by atoms with E-state index < -0.39 is 16.8 Å². The zero-order valence-electron chi connectivity index (χ0n) is 23.7. The average molecular weight is 612 g/mol. The number of carbonyl (C=O) groups excluding carboxylic acids is 1. The minimum absolute atomic E-state index is 0.00268. The first-order valence-corrected chi connectivity index (χ1v) is 13.9. The number of nitrogens with zero attached hydrogens (tertiary/aromatic N) is 2. The maximum atomic E-state index is 12.8. The normalized spacial score (nSPS) is 13.7. The van der Waals surface area contributed by atoms with Gasteiger partial charge in [0.15, 0.2) is 11.5 Å². The fourth-order valence-electron chi connectivity index (χ4n) is 4.72. The summed E-state index contributed by atoms with van der Waals surface area (Å²) in [5.41, 5.74) is 9.36. The molecule has 44 heavy (non-hydrogen) atoms. The van der Waals surface area contributed by atoms with Crippen LogP contribution in [0.1, 0.15) is 45.5 Å². The summed E-state index contributed by atoms with van der Waals surface area (Å²) < 4.78 is 23.2. The molecule has 2 N–H and O–H groups in total. The fraction of sp³-hybridized carbons (Fsp3) is 0.152. The number of nitriles is 1. The summed E-state index contributed by atoms with van der Waals surface area (Å²) in [6.45, 7) is 4.62. The predicted molar refractivity (Wildman–Crippen MR) is 162 cm³/mol. The number of nitro groups is 1. The first-order valence-electron chi connectivity index (χ1n) is 13.5. The minimum atomic E-state index is -0.894. The van der Waals surface area contributed by atoms with E-state index in [0.717, 1.165) is 17.2 Å². The van der Waals surface area contributed by atoms with Gasteiger partial charge in [-0.15, -0.1) is 0 Å². The number of carbonyl (C=O) groups is 1. The van der Waals surface area contributed by atoms with Gasteiger partial charge in [0.1, 0.15) is 29.7 Å². The van der Waals surface area contributed by atoms with Gasteiger partial charge in [0, 0.05) is 23.8 Å². The Bertz CT molecular complexity index is 1830. The number of nitrogens with two attached hydrogens (primary N) is 1. The Kier molecular flexibility index (Phi) is 8.69. The summed E-state index contributed by atoms with van der Waals surface area (Å²) in [6.07, 6.45) is 0. The number of fused-ring (bicyclic) bond motifs is 1. The average Bonchev–Trinajstić information content (AvgIpc) is 3.00. The molecule has 0 bridgehead atoms. The van der Waals surface area contributed by atoms with E-state index in [0.29, 0.717) is 35.8 Å². The van der Waals surface area contributed by atoms with Gasteiger partial charge >= 0.3 is 5.97 Å². The van der Waals surface area contributed by atoms with Crippen molar-refractivity contribution < 1.29 is 28.7 Å². The van der Waals surface area contributed by atoms with E-state index in [4.69, 9.17) is 36.3 Å². The van der Waals surface area contributed by atoms with Crippen LogP contribution in [0, 0.1) is 28.4 Å². The molecule has 0 aliphatic carbocycles. The Morgan fingerprint density at radius 2 is 1.82 bits per heavy atom. The molecule has 0 amide bonds. The largest absolute Gasteiger partial charge is 0.490 e. The molecular weight excluding hydrogens is 586 g/mol. The second-order valence-electron chi connectivity index (χ2n) is 9.85. The zero-order chi connectivity index (χ0) is 31.4. The molecule has 0 radical (unpaired) electrons. The lowest BCUT2D eigenvalue weighted by molar-refractivity contribution is -0.384. The standard InChI is InChI=1S/C33H26ClN3O7/c1-3-41-30-14-21(8-13-28(30)42-18-20-6-4-19(2)5-7-20)31-24-11-10-23(16-29(24)44-32(36)26(31)17-35)43-33(38)25-15-22(37(39)40)9-12-27(25)34/h4-16,31H,3,18,36H2,1-2H3. The fourth-order valence-corrected chi connectivity index (χ4v) is 4.92. The van der Waals surface area contributed by atoms with Crippen LogP contribution >= 0.6 is 11.6 Å². The van der Waals surface area contributed by atoms with Crippen molar-refractivity contribution >= 4 is 23.3 Å². The molecule has 4 aromatic carbocycles. The third-order valence-electron chi connectivity index (χ3n) is 6.90. The Morgan fingerprint density at radius 1 is 1.05 bits per heavy atom. The van der Waals surface area contributed by atoms with Crippen LogP contribution in [0.15, 0.2) is 90.3 Å². The number of nitro benzene ring substituents is 1. The molecule has 1 aliphatic heterocycles. The van der Waals surface area contributed by atoms with Gasteiger partial charge in [-0.3, -0.25) is 10.1 Å². The maximum absolute atomic E-state index is 12.8. The number of hydrogen-bond acceptors (Lipinski definition) is 9. The lowest BCUT2D eigenvalue weighted by Gasteiger charge is -2.27. The Balaban J connectivity index is 1.45. The molecule has 0 spiro atoms. The number of rotatable bonds is 9. The highest BCUT2D eigenvalue weighted by atomic mass is 35.5. The Morgan fingerprint density at radius 3 is 2.52 bits per heavy atom. The highest BCUT2D eigenvalue weighted by molar-refractivity contribution is 6.33. The highest BCUT2D eigenvalue weighted by Crippen LogP contribution is 2.45. The smallest absolute Gasteiger partial charge is 0.345 e. The van der Waals surface area contributed by atoms with Crippen molar-refractivity contribution in [3.8, 4) is 29.1 Å². The SMILES string of the molecule is CCOc1cc(C2C(C#N)=C(N)Oc3cc(OC(=O)c4cc([N+](=O)[O-])ccc4Cl)ccc32)ccc1OCc1ccc(C)cc1. The molecule has 1 atom stereocenters. The van der Waals surface area contributed by atoms with Crippen molar-refractivity contribution in [1.82, 2.24) is 0 Å². The van der Waals surface area contributed by atoms with Crippen LogP contribution in [0.3, 0.4) is 0 Å². The highest BCUT2D eigenvalue weighted by Gasteiger charge is 2.32. The Labute approximate surface area is 257 Å². The topological polar surface area (TPSA) is 147 Å².